The second-order valence-corrected chi connectivity index (χ2v) is 10.4. The Bertz CT molecular complexity index is 871. The van der Waals surface area contributed by atoms with E-state index in [0.29, 0.717) is 58.2 Å². The molecule has 0 N–H and O–H groups in total. The number of methoxy groups -OCH3 is 1. The highest BCUT2D eigenvalue weighted by Crippen LogP contribution is 2.33. The normalized spacial score (nSPS) is 21.8. The summed E-state index contributed by atoms with van der Waals surface area (Å²) in [6, 6.07) is 5.04. The monoisotopic (exact) mass is 451 g/mol. The predicted octanol–water partition coefficient (Wildman–Crippen LogP) is 1.94. The van der Waals surface area contributed by atoms with Crippen molar-refractivity contribution in [3.05, 3.63) is 18.2 Å². The van der Waals surface area contributed by atoms with Gasteiger partial charge in [-0.2, -0.15) is 4.31 Å². The third kappa shape index (κ3) is 4.83. The van der Waals surface area contributed by atoms with Gasteiger partial charge in [-0.05, 0) is 31.0 Å². The maximum Gasteiger partial charge on any atom is 0.243 e. The topological polar surface area (TPSA) is 79.4 Å². The van der Waals surface area contributed by atoms with Crippen LogP contribution < -0.4 is 9.64 Å². The number of piperazine rings is 1. The van der Waals surface area contributed by atoms with Crippen molar-refractivity contribution in [2.75, 3.05) is 64.5 Å². The molecule has 1 aliphatic carbocycles. The van der Waals surface area contributed by atoms with Crippen LogP contribution in [-0.2, 0) is 19.6 Å². The number of ether oxygens (including phenoxy) is 2. The first kappa shape index (κ1) is 22.4. The summed E-state index contributed by atoms with van der Waals surface area (Å²) >= 11 is 0. The van der Waals surface area contributed by atoms with Gasteiger partial charge in [0.2, 0.25) is 15.9 Å². The number of nitrogens with zero attached hydrogens (tertiary/aromatic N) is 3. The third-order valence-corrected chi connectivity index (χ3v) is 8.54. The Balaban J connectivity index is 1.47. The molecular weight excluding hydrogens is 418 g/mol. The molecule has 1 amide bonds. The van der Waals surface area contributed by atoms with Crippen molar-refractivity contribution < 1.29 is 22.7 Å². The fourth-order valence-electron chi connectivity index (χ4n) is 4.79. The summed E-state index contributed by atoms with van der Waals surface area (Å²) in [4.78, 5) is 17.2. The van der Waals surface area contributed by atoms with Gasteiger partial charge in [0.1, 0.15) is 5.75 Å². The van der Waals surface area contributed by atoms with Gasteiger partial charge in [-0.3, -0.25) is 4.79 Å². The maximum atomic E-state index is 13.1. The van der Waals surface area contributed by atoms with Crippen LogP contribution in [0.2, 0.25) is 0 Å². The second-order valence-electron chi connectivity index (χ2n) is 8.50. The summed E-state index contributed by atoms with van der Waals surface area (Å²) in [5.74, 6) is 1.11. The molecule has 8 nitrogen and oxygen atoms in total. The molecule has 0 unspecified atom stereocenters. The molecule has 2 heterocycles. The molecule has 2 aliphatic heterocycles. The van der Waals surface area contributed by atoms with E-state index >= 15 is 0 Å². The van der Waals surface area contributed by atoms with E-state index in [9.17, 15) is 13.2 Å². The Morgan fingerprint density at radius 1 is 1.00 bits per heavy atom. The number of carbonyl (C=O) groups is 1. The number of sulfonamides is 1. The number of benzene rings is 1. The number of hydrogen-bond donors (Lipinski definition) is 0. The predicted molar refractivity (Wildman–Crippen MR) is 118 cm³/mol. The molecular formula is C22H33N3O5S. The molecule has 0 spiro atoms. The number of amides is 1. The summed E-state index contributed by atoms with van der Waals surface area (Å²) in [6.45, 7) is 4.19. The summed E-state index contributed by atoms with van der Waals surface area (Å²) in [7, 11) is -1.99. The van der Waals surface area contributed by atoms with Crippen molar-refractivity contribution in [1.29, 1.82) is 0 Å². The molecule has 31 heavy (non-hydrogen) atoms. The Hall–Kier alpha value is -1.84. The lowest BCUT2D eigenvalue weighted by atomic mass is 9.88. The minimum Gasteiger partial charge on any atom is -0.495 e. The van der Waals surface area contributed by atoms with Crippen molar-refractivity contribution in [3.63, 3.8) is 0 Å². The lowest BCUT2D eigenvalue weighted by Gasteiger charge is -2.38. The zero-order valence-electron chi connectivity index (χ0n) is 18.3. The zero-order valence-corrected chi connectivity index (χ0v) is 19.1. The van der Waals surface area contributed by atoms with E-state index in [1.807, 2.05) is 4.90 Å². The van der Waals surface area contributed by atoms with Crippen LogP contribution in [0.5, 0.6) is 5.75 Å². The summed E-state index contributed by atoms with van der Waals surface area (Å²) < 4.78 is 38.5. The van der Waals surface area contributed by atoms with Gasteiger partial charge in [-0.25, -0.2) is 8.42 Å². The van der Waals surface area contributed by atoms with Gasteiger partial charge in [-0.15, -0.1) is 0 Å². The first-order valence-electron chi connectivity index (χ1n) is 11.3. The Morgan fingerprint density at radius 3 is 2.32 bits per heavy atom. The van der Waals surface area contributed by atoms with Gasteiger partial charge in [-0.1, -0.05) is 19.3 Å². The molecule has 9 heteroatoms. The molecule has 1 saturated carbocycles. The average molecular weight is 452 g/mol. The molecule has 1 aromatic carbocycles. The third-order valence-electron chi connectivity index (χ3n) is 6.64. The molecule has 3 fully saturated rings. The minimum absolute atomic E-state index is 0.178. The first-order chi connectivity index (χ1) is 15.0. The lowest BCUT2D eigenvalue weighted by molar-refractivity contribution is -0.136. The molecule has 1 aromatic rings. The zero-order chi connectivity index (χ0) is 21.8. The molecule has 0 aromatic heterocycles. The van der Waals surface area contributed by atoms with Crippen LogP contribution in [0.1, 0.15) is 32.1 Å². The van der Waals surface area contributed by atoms with Gasteiger partial charge in [0.05, 0.1) is 30.9 Å². The SMILES string of the molecule is COc1ccc(S(=O)(=O)N2CCOCC2)cc1N1CCN(C(=O)C2CCCCC2)CC1. The highest BCUT2D eigenvalue weighted by molar-refractivity contribution is 7.89. The number of carbonyl (C=O) groups excluding carboxylic acids is 1. The number of anilines is 1. The van der Waals surface area contributed by atoms with Gasteiger partial charge < -0.3 is 19.3 Å². The number of hydrogen-bond acceptors (Lipinski definition) is 6. The van der Waals surface area contributed by atoms with Gasteiger partial charge >= 0.3 is 0 Å². The molecule has 0 bridgehead atoms. The largest absolute Gasteiger partial charge is 0.495 e. The molecule has 0 atom stereocenters. The van der Waals surface area contributed by atoms with Crippen molar-refractivity contribution in [1.82, 2.24) is 9.21 Å². The summed E-state index contributed by atoms with van der Waals surface area (Å²) in [6.07, 6.45) is 5.56. The Kier molecular flexibility index (Phi) is 7.03. The van der Waals surface area contributed by atoms with Crippen LogP contribution in [0.25, 0.3) is 0 Å². The van der Waals surface area contributed by atoms with Gasteiger partial charge in [0.25, 0.3) is 0 Å². The Labute approximate surface area is 185 Å². The van der Waals surface area contributed by atoms with Crippen molar-refractivity contribution in [3.8, 4) is 5.75 Å². The van der Waals surface area contributed by atoms with E-state index in [4.69, 9.17) is 9.47 Å². The van der Waals surface area contributed by atoms with Crippen LogP contribution in [0.4, 0.5) is 5.69 Å². The van der Waals surface area contributed by atoms with E-state index < -0.39 is 10.0 Å². The highest BCUT2D eigenvalue weighted by atomic mass is 32.2. The van der Waals surface area contributed by atoms with Crippen molar-refractivity contribution in [2.24, 2.45) is 5.92 Å². The van der Waals surface area contributed by atoms with E-state index in [0.717, 1.165) is 31.4 Å². The van der Waals surface area contributed by atoms with Gasteiger partial charge in [0, 0.05) is 45.2 Å². The first-order valence-corrected chi connectivity index (χ1v) is 12.7. The highest BCUT2D eigenvalue weighted by Gasteiger charge is 2.31. The molecule has 0 radical (unpaired) electrons. The smallest absolute Gasteiger partial charge is 0.243 e. The van der Waals surface area contributed by atoms with Gasteiger partial charge in [0.15, 0.2) is 0 Å². The van der Waals surface area contributed by atoms with Crippen LogP contribution in [0.15, 0.2) is 23.1 Å². The average Bonchev–Trinajstić information content (AvgIpc) is 2.84. The van der Waals surface area contributed by atoms with E-state index in [1.54, 1.807) is 25.3 Å². The minimum atomic E-state index is -3.58. The van der Waals surface area contributed by atoms with Crippen LogP contribution >= 0.6 is 0 Å². The van der Waals surface area contributed by atoms with Crippen LogP contribution in [-0.4, -0.2) is 83.1 Å². The number of morpholine rings is 1. The van der Waals surface area contributed by atoms with E-state index in [2.05, 4.69) is 4.90 Å². The van der Waals surface area contributed by atoms with Crippen LogP contribution in [0.3, 0.4) is 0 Å². The van der Waals surface area contributed by atoms with Crippen molar-refractivity contribution in [2.45, 2.75) is 37.0 Å². The van der Waals surface area contributed by atoms with E-state index in [-0.39, 0.29) is 16.7 Å². The second kappa shape index (κ2) is 9.75. The van der Waals surface area contributed by atoms with Crippen LogP contribution in [0, 0.1) is 5.92 Å². The lowest BCUT2D eigenvalue weighted by Crippen LogP contribution is -2.50. The molecule has 4 rings (SSSR count). The molecule has 3 aliphatic rings. The molecule has 172 valence electrons. The van der Waals surface area contributed by atoms with E-state index in [1.165, 1.54) is 10.7 Å². The maximum absolute atomic E-state index is 13.1. The number of rotatable bonds is 5. The molecule has 2 saturated heterocycles. The quantitative estimate of drug-likeness (QED) is 0.681. The van der Waals surface area contributed by atoms with Crippen molar-refractivity contribution >= 4 is 21.6 Å². The summed E-state index contributed by atoms with van der Waals surface area (Å²) in [5, 5.41) is 0. The standard InChI is InChI=1S/C22H33N3O5S/c1-29-21-8-7-19(31(27,28)25-13-15-30-16-14-25)17-20(21)23-9-11-24(12-10-23)22(26)18-5-3-2-4-6-18/h7-8,17-18H,2-6,9-16H2,1H3. The summed E-state index contributed by atoms with van der Waals surface area (Å²) in [5.41, 5.74) is 0.765. The fourth-order valence-corrected chi connectivity index (χ4v) is 6.22. The Morgan fingerprint density at radius 2 is 1.68 bits per heavy atom. The fraction of sp³-hybridized carbons (Fsp3) is 0.682.